The Morgan fingerprint density at radius 3 is 2.89 bits per heavy atom. The molecule has 0 aliphatic rings. The van der Waals surface area contributed by atoms with Crippen LogP contribution in [0.4, 0.5) is 11.6 Å². The largest absolute Gasteiger partial charge is 0.384 e. The maximum absolute atomic E-state index is 12.0. The second-order valence-corrected chi connectivity index (χ2v) is 3.95. The number of carbonyl (C=O) groups excluding carboxylic acids is 1. The number of aryl methyl sites for hydroxylation is 2. The van der Waals surface area contributed by atoms with E-state index in [2.05, 4.69) is 15.4 Å². The van der Waals surface area contributed by atoms with Gasteiger partial charge in [0.1, 0.15) is 5.82 Å². The first-order valence-corrected chi connectivity index (χ1v) is 5.66. The van der Waals surface area contributed by atoms with Gasteiger partial charge in [0.2, 0.25) is 0 Å². The average Bonchev–Trinajstić information content (AvgIpc) is 2.73. The molecule has 0 aliphatic heterocycles. The predicted octanol–water partition coefficient (Wildman–Crippen LogP) is 1.21. The van der Waals surface area contributed by atoms with E-state index in [9.17, 15) is 4.79 Å². The molecule has 0 spiro atoms. The van der Waals surface area contributed by atoms with Gasteiger partial charge in [0.05, 0.1) is 0 Å². The number of hydrogen-bond donors (Lipinski definition) is 2. The van der Waals surface area contributed by atoms with E-state index in [0.29, 0.717) is 17.2 Å². The highest BCUT2D eigenvalue weighted by atomic mass is 16.1. The molecule has 94 valence electrons. The molecule has 6 nitrogen and oxygen atoms in total. The summed E-state index contributed by atoms with van der Waals surface area (Å²) in [5.41, 5.74) is 6.94. The van der Waals surface area contributed by atoms with Gasteiger partial charge in [0, 0.05) is 30.6 Å². The van der Waals surface area contributed by atoms with Gasteiger partial charge in [-0.1, -0.05) is 6.92 Å². The van der Waals surface area contributed by atoms with Crippen LogP contribution in [0.2, 0.25) is 0 Å². The Bertz CT molecular complexity index is 576. The van der Waals surface area contributed by atoms with Crippen molar-refractivity contribution in [2.45, 2.75) is 13.3 Å². The first-order valence-electron chi connectivity index (χ1n) is 5.66. The third-order valence-corrected chi connectivity index (χ3v) is 2.48. The summed E-state index contributed by atoms with van der Waals surface area (Å²) in [6.07, 6.45) is 2.49. The summed E-state index contributed by atoms with van der Waals surface area (Å²) in [6.45, 7) is 1.96. The van der Waals surface area contributed by atoms with Gasteiger partial charge in [-0.2, -0.15) is 5.10 Å². The van der Waals surface area contributed by atoms with E-state index in [-0.39, 0.29) is 5.91 Å². The fourth-order valence-corrected chi connectivity index (χ4v) is 1.59. The van der Waals surface area contributed by atoms with Crippen molar-refractivity contribution in [3.8, 4) is 0 Å². The molecular formula is C12H15N5O. The molecule has 0 bridgehead atoms. The van der Waals surface area contributed by atoms with Crippen molar-refractivity contribution in [3.05, 3.63) is 35.7 Å². The first kappa shape index (κ1) is 12.1. The maximum atomic E-state index is 12.0. The summed E-state index contributed by atoms with van der Waals surface area (Å²) >= 11 is 0. The highest BCUT2D eigenvalue weighted by Gasteiger charge is 2.10. The Morgan fingerprint density at radius 2 is 2.28 bits per heavy atom. The lowest BCUT2D eigenvalue weighted by molar-refractivity contribution is 0.102. The Kier molecular flexibility index (Phi) is 3.27. The second kappa shape index (κ2) is 4.87. The van der Waals surface area contributed by atoms with Crippen LogP contribution in [0.25, 0.3) is 0 Å². The Morgan fingerprint density at radius 1 is 1.50 bits per heavy atom. The minimum Gasteiger partial charge on any atom is -0.384 e. The molecule has 18 heavy (non-hydrogen) atoms. The normalized spacial score (nSPS) is 10.3. The molecule has 2 aromatic heterocycles. The van der Waals surface area contributed by atoms with Crippen LogP contribution in [0.5, 0.6) is 0 Å². The van der Waals surface area contributed by atoms with Gasteiger partial charge in [-0.05, 0) is 18.6 Å². The van der Waals surface area contributed by atoms with Gasteiger partial charge in [0.15, 0.2) is 5.82 Å². The smallest absolute Gasteiger partial charge is 0.257 e. The molecule has 0 saturated heterocycles. The van der Waals surface area contributed by atoms with Crippen LogP contribution in [-0.4, -0.2) is 20.7 Å². The summed E-state index contributed by atoms with van der Waals surface area (Å²) in [6, 6.07) is 5.01. The van der Waals surface area contributed by atoms with Crippen LogP contribution in [0.15, 0.2) is 24.4 Å². The fourth-order valence-electron chi connectivity index (χ4n) is 1.59. The van der Waals surface area contributed by atoms with E-state index in [4.69, 9.17) is 5.73 Å². The summed E-state index contributed by atoms with van der Waals surface area (Å²) in [4.78, 5) is 16.1. The van der Waals surface area contributed by atoms with Crippen LogP contribution in [-0.2, 0) is 13.5 Å². The second-order valence-electron chi connectivity index (χ2n) is 3.95. The van der Waals surface area contributed by atoms with E-state index in [0.717, 1.165) is 12.1 Å². The lowest BCUT2D eigenvalue weighted by atomic mass is 10.2. The fraction of sp³-hybridized carbons (Fsp3) is 0.250. The molecule has 0 radical (unpaired) electrons. The standard InChI is InChI=1S/C12H15N5O/c1-3-9-6-8(7-10(13)14-9)12(18)15-11-4-5-17(2)16-11/h4-7H,3H2,1-2H3,(H2,13,14)(H,15,16,18). The Balaban J connectivity index is 2.20. The topological polar surface area (TPSA) is 85.8 Å². The lowest BCUT2D eigenvalue weighted by Gasteiger charge is -2.05. The quantitative estimate of drug-likeness (QED) is 0.851. The number of nitrogen functional groups attached to an aromatic ring is 1. The van der Waals surface area contributed by atoms with Crippen molar-refractivity contribution in [2.75, 3.05) is 11.1 Å². The van der Waals surface area contributed by atoms with E-state index in [1.807, 2.05) is 6.92 Å². The number of amides is 1. The molecule has 2 aromatic rings. The van der Waals surface area contributed by atoms with E-state index in [1.54, 1.807) is 36.1 Å². The van der Waals surface area contributed by atoms with Gasteiger partial charge in [-0.3, -0.25) is 9.48 Å². The zero-order valence-corrected chi connectivity index (χ0v) is 10.3. The third-order valence-electron chi connectivity index (χ3n) is 2.48. The van der Waals surface area contributed by atoms with Crippen molar-refractivity contribution in [3.63, 3.8) is 0 Å². The van der Waals surface area contributed by atoms with E-state index >= 15 is 0 Å². The number of carbonyl (C=O) groups is 1. The minimum absolute atomic E-state index is 0.238. The summed E-state index contributed by atoms with van der Waals surface area (Å²) < 4.78 is 1.62. The zero-order valence-electron chi connectivity index (χ0n) is 10.3. The molecule has 3 N–H and O–H groups in total. The van der Waals surface area contributed by atoms with Crippen molar-refractivity contribution in [2.24, 2.45) is 7.05 Å². The van der Waals surface area contributed by atoms with Gasteiger partial charge in [0.25, 0.3) is 5.91 Å². The van der Waals surface area contributed by atoms with E-state index < -0.39 is 0 Å². The summed E-state index contributed by atoms with van der Waals surface area (Å²) in [5, 5.41) is 6.78. The van der Waals surface area contributed by atoms with Gasteiger partial charge in [-0.25, -0.2) is 4.98 Å². The molecule has 6 heteroatoms. The van der Waals surface area contributed by atoms with Crippen molar-refractivity contribution >= 4 is 17.5 Å². The monoisotopic (exact) mass is 245 g/mol. The molecule has 0 atom stereocenters. The van der Waals surface area contributed by atoms with Crippen molar-refractivity contribution in [1.29, 1.82) is 0 Å². The third kappa shape index (κ3) is 2.65. The maximum Gasteiger partial charge on any atom is 0.257 e. The molecule has 0 aliphatic carbocycles. The molecule has 0 fully saturated rings. The summed E-state index contributed by atoms with van der Waals surface area (Å²) in [5.74, 6) is 0.619. The number of nitrogens with one attached hydrogen (secondary N) is 1. The number of anilines is 2. The number of hydrogen-bond acceptors (Lipinski definition) is 4. The number of aromatic nitrogens is 3. The minimum atomic E-state index is -0.238. The van der Waals surface area contributed by atoms with Crippen LogP contribution >= 0.6 is 0 Å². The molecule has 2 rings (SSSR count). The molecule has 2 heterocycles. The zero-order chi connectivity index (χ0) is 13.1. The van der Waals surface area contributed by atoms with Gasteiger partial charge >= 0.3 is 0 Å². The average molecular weight is 245 g/mol. The van der Waals surface area contributed by atoms with Crippen LogP contribution in [0, 0.1) is 0 Å². The SMILES string of the molecule is CCc1cc(C(=O)Nc2ccn(C)n2)cc(N)n1. The van der Waals surface area contributed by atoms with Crippen molar-refractivity contribution < 1.29 is 4.79 Å². The van der Waals surface area contributed by atoms with Gasteiger partial charge in [-0.15, -0.1) is 0 Å². The number of rotatable bonds is 3. The molecule has 0 aromatic carbocycles. The number of nitrogens with zero attached hydrogens (tertiary/aromatic N) is 3. The highest BCUT2D eigenvalue weighted by Crippen LogP contribution is 2.11. The van der Waals surface area contributed by atoms with Crippen LogP contribution < -0.4 is 11.1 Å². The first-order chi connectivity index (χ1) is 8.58. The van der Waals surface area contributed by atoms with Crippen LogP contribution in [0.3, 0.4) is 0 Å². The van der Waals surface area contributed by atoms with Crippen molar-refractivity contribution in [1.82, 2.24) is 14.8 Å². The summed E-state index contributed by atoms with van der Waals surface area (Å²) in [7, 11) is 1.79. The highest BCUT2D eigenvalue weighted by molar-refractivity contribution is 6.04. The number of pyridine rings is 1. The molecular weight excluding hydrogens is 230 g/mol. The molecule has 0 saturated carbocycles. The number of nitrogens with two attached hydrogens (primary N) is 1. The molecule has 0 unspecified atom stereocenters. The Labute approximate surface area is 105 Å². The molecule has 1 amide bonds. The Hall–Kier alpha value is -2.37. The van der Waals surface area contributed by atoms with E-state index in [1.165, 1.54) is 0 Å². The van der Waals surface area contributed by atoms with Gasteiger partial charge < -0.3 is 11.1 Å². The lowest BCUT2D eigenvalue weighted by Crippen LogP contribution is -2.14. The predicted molar refractivity (Wildman–Crippen MR) is 69.2 cm³/mol. The van der Waals surface area contributed by atoms with Crippen LogP contribution in [0.1, 0.15) is 23.0 Å².